The molecule has 1 N–H and O–H groups in total. The molecule has 0 spiro atoms. The average molecular weight is 532 g/mol. The van der Waals surface area contributed by atoms with Crippen LogP contribution in [0.3, 0.4) is 0 Å². The summed E-state index contributed by atoms with van der Waals surface area (Å²) in [5.74, 6) is -0.104. The molecule has 1 aliphatic carbocycles. The second-order valence-corrected chi connectivity index (χ2v) is 9.44. The fourth-order valence-corrected chi connectivity index (χ4v) is 4.84. The minimum Gasteiger partial charge on any atom is -0.382 e. The number of nitro groups is 1. The molecule has 1 heterocycles. The maximum atomic E-state index is 12.8. The number of piperazine rings is 1. The zero-order valence-electron chi connectivity index (χ0n) is 20.6. The van der Waals surface area contributed by atoms with Crippen LogP contribution in [0, 0.1) is 21.4 Å². The predicted molar refractivity (Wildman–Crippen MR) is 134 cm³/mol. The molecule has 12 heteroatoms. The number of nitro benzene ring substituents is 1. The van der Waals surface area contributed by atoms with E-state index in [4.69, 9.17) is 10.00 Å². The largest absolute Gasteiger partial charge is 0.416 e. The van der Waals surface area contributed by atoms with Gasteiger partial charge in [-0.05, 0) is 62.1 Å². The molecule has 0 aromatic heterocycles. The van der Waals surface area contributed by atoms with E-state index in [1.54, 1.807) is 11.0 Å². The third-order valence-corrected chi connectivity index (χ3v) is 6.99. The summed E-state index contributed by atoms with van der Waals surface area (Å²) in [4.78, 5) is 26.8. The number of nitriles is 1. The lowest BCUT2D eigenvalue weighted by atomic mass is 9.92. The van der Waals surface area contributed by atoms with Crippen molar-refractivity contribution in [2.24, 2.45) is 0 Å². The van der Waals surface area contributed by atoms with Gasteiger partial charge in [-0.15, -0.1) is 0 Å². The van der Waals surface area contributed by atoms with E-state index in [9.17, 15) is 28.1 Å². The van der Waals surface area contributed by atoms with Crippen LogP contribution in [0.1, 0.15) is 36.8 Å². The molecular weight excluding hydrogens is 503 g/mol. The Kier molecular flexibility index (Phi) is 8.36. The van der Waals surface area contributed by atoms with Crippen molar-refractivity contribution < 1.29 is 27.6 Å². The van der Waals surface area contributed by atoms with Crippen LogP contribution in [0.4, 0.5) is 30.2 Å². The van der Waals surface area contributed by atoms with Crippen LogP contribution in [0.2, 0.25) is 0 Å². The number of carbonyl (C=O) groups is 1. The number of ether oxygens (including phenoxy) is 1. The van der Waals surface area contributed by atoms with E-state index < -0.39 is 16.7 Å². The van der Waals surface area contributed by atoms with Crippen LogP contribution in [0.15, 0.2) is 42.5 Å². The van der Waals surface area contributed by atoms with Crippen LogP contribution in [-0.2, 0) is 15.7 Å². The van der Waals surface area contributed by atoms with Gasteiger partial charge >= 0.3 is 6.18 Å². The Bertz CT molecular complexity index is 1180. The Morgan fingerprint density at radius 1 is 1.08 bits per heavy atom. The third kappa shape index (κ3) is 6.72. The summed E-state index contributed by atoms with van der Waals surface area (Å²) in [5.41, 5.74) is 0.458. The number of amides is 1. The van der Waals surface area contributed by atoms with Crippen molar-refractivity contribution in [1.29, 1.82) is 5.26 Å². The van der Waals surface area contributed by atoms with Crippen molar-refractivity contribution in [1.82, 2.24) is 4.90 Å². The fraction of sp³-hybridized carbons (Fsp3) is 0.462. The molecule has 9 nitrogen and oxygen atoms in total. The van der Waals surface area contributed by atoms with E-state index in [-0.39, 0.29) is 35.9 Å². The Hall–Kier alpha value is -3.85. The summed E-state index contributed by atoms with van der Waals surface area (Å²) in [6.45, 7) is 1.99. The molecule has 0 unspecified atom stereocenters. The molecule has 2 aromatic carbocycles. The highest BCUT2D eigenvalue weighted by atomic mass is 19.4. The third-order valence-electron chi connectivity index (χ3n) is 6.99. The van der Waals surface area contributed by atoms with Crippen molar-refractivity contribution >= 4 is 23.0 Å². The lowest BCUT2D eigenvalue weighted by Crippen LogP contribution is -2.50. The Labute approximate surface area is 217 Å². The summed E-state index contributed by atoms with van der Waals surface area (Å²) in [5, 5.41) is 23.5. The zero-order valence-corrected chi connectivity index (χ0v) is 20.6. The van der Waals surface area contributed by atoms with Gasteiger partial charge in [0.05, 0.1) is 16.6 Å². The number of halogens is 3. The first kappa shape index (κ1) is 27.2. The lowest BCUT2D eigenvalue weighted by Gasteiger charge is -2.36. The number of nitrogens with zero attached hydrogens (tertiary/aromatic N) is 4. The van der Waals surface area contributed by atoms with Crippen molar-refractivity contribution in [2.45, 2.75) is 44.0 Å². The average Bonchev–Trinajstić information content (AvgIpc) is 2.92. The van der Waals surface area contributed by atoms with Crippen molar-refractivity contribution in [3.05, 3.63) is 63.7 Å². The quantitative estimate of drug-likeness (QED) is 0.411. The Balaban J connectivity index is 1.17. The van der Waals surface area contributed by atoms with Gasteiger partial charge in [-0.3, -0.25) is 14.9 Å². The number of hydrogen-bond donors (Lipinski definition) is 1. The second kappa shape index (κ2) is 11.7. The van der Waals surface area contributed by atoms with E-state index >= 15 is 0 Å². The topological polar surface area (TPSA) is 112 Å². The van der Waals surface area contributed by atoms with Crippen LogP contribution >= 0.6 is 0 Å². The van der Waals surface area contributed by atoms with E-state index in [1.165, 1.54) is 24.3 Å². The summed E-state index contributed by atoms with van der Waals surface area (Å²) in [6, 6.07) is 11.4. The molecule has 2 aromatic rings. The predicted octanol–water partition coefficient (Wildman–Crippen LogP) is 4.57. The maximum absolute atomic E-state index is 12.8. The van der Waals surface area contributed by atoms with Crippen LogP contribution in [0.25, 0.3) is 0 Å². The van der Waals surface area contributed by atoms with Gasteiger partial charge in [-0.1, -0.05) is 0 Å². The SMILES string of the molecule is N#Cc1cc(NC2CCC(OCC(=O)N3CCN(c4ccc(C(F)(F)F)cc4)CC3)CC2)ccc1[N+](=O)[O-]. The first-order valence-corrected chi connectivity index (χ1v) is 12.4. The van der Waals surface area contributed by atoms with Gasteiger partial charge in [0.15, 0.2) is 0 Å². The minimum atomic E-state index is -4.37. The van der Waals surface area contributed by atoms with E-state index in [0.29, 0.717) is 37.6 Å². The van der Waals surface area contributed by atoms with E-state index in [0.717, 1.165) is 37.8 Å². The number of hydrogen-bond acceptors (Lipinski definition) is 7. The van der Waals surface area contributed by atoms with E-state index in [1.807, 2.05) is 11.0 Å². The molecule has 1 aliphatic heterocycles. The monoisotopic (exact) mass is 531 g/mol. The normalized spacial score (nSPS) is 20.1. The van der Waals surface area contributed by atoms with Gasteiger partial charge in [0.2, 0.25) is 5.91 Å². The van der Waals surface area contributed by atoms with Gasteiger partial charge in [-0.2, -0.15) is 18.4 Å². The first-order chi connectivity index (χ1) is 18.1. The molecular formula is C26H28F3N5O4. The molecule has 4 rings (SSSR count). The van der Waals surface area contributed by atoms with Gasteiger partial charge in [0, 0.05) is 49.7 Å². The number of anilines is 2. The molecule has 38 heavy (non-hydrogen) atoms. The van der Waals surface area contributed by atoms with E-state index in [2.05, 4.69) is 5.32 Å². The summed E-state index contributed by atoms with van der Waals surface area (Å²) in [7, 11) is 0. The van der Waals surface area contributed by atoms with Crippen LogP contribution < -0.4 is 10.2 Å². The molecule has 1 saturated heterocycles. The Morgan fingerprint density at radius 2 is 1.74 bits per heavy atom. The number of rotatable bonds is 7. The zero-order chi connectivity index (χ0) is 27.3. The number of alkyl halides is 3. The molecule has 0 atom stereocenters. The first-order valence-electron chi connectivity index (χ1n) is 12.4. The second-order valence-electron chi connectivity index (χ2n) is 9.44. The number of nitrogens with one attached hydrogen (secondary N) is 1. The smallest absolute Gasteiger partial charge is 0.382 e. The summed E-state index contributed by atoms with van der Waals surface area (Å²) < 4.78 is 44.2. The molecule has 0 bridgehead atoms. The lowest BCUT2D eigenvalue weighted by molar-refractivity contribution is -0.385. The van der Waals surface area contributed by atoms with Crippen molar-refractivity contribution in [2.75, 3.05) is 43.0 Å². The van der Waals surface area contributed by atoms with Gasteiger partial charge in [0.1, 0.15) is 18.2 Å². The van der Waals surface area contributed by atoms with Crippen molar-refractivity contribution in [3.63, 3.8) is 0 Å². The van der Waals surface area contributed by atoms with Crippen molar-refractivity contribution in [3.8, 4) is 6.07 Å². The Morgan fingerprint density at radius 3 is 2.32 bits per heavy atom. The molecule has 2 aliphatic rings. The minimum absolute atomic E-state index is 0.00993. The summed E-state index contributed by atoms with van der Waals surface area (Å²) >= 11 is 0. The standard InChI is InChI=1S/C26H28F3N5O4/c27-26(28,29)19-1-6-22(7-2-19)32-11-13-33(14-12-32)25(35)17-38-23-8-3-20(4-9-23)31-21-5-10-24(34(36)37)18(15-21)16-30/h1-2,5-7,10,15,20,23,31H,3-4,8-9,11-14,17H2. The van der Waals surface area contributed by atoms with Gasteiger partial charge in [-0.25, -0.2) is 0 Å². The highest BCUT2D eigenvalue weighted by molar-refractivity contribution is 5.77. The highest BCUT2D eigenvalue weighted by Crippen LogP contribution is 2.31. The molecule has 1 amide bonds. The number of carbonyl (C=O) groups excluding carboxylic acids is 1. The number of benzene rings is 2. The highest BCUT2D eigenvalue weighted by Gasteiger charge is 2.31. The van der Waals surface area contributed by atoms with Gasteiger partial charge in [0.25, 0.3) is 5.69 Å². The molecule has 0 radical (unpaired) electrons. The molecule has 2 fully saturated rings. The molecule has 202 valence electrons. The fourth-order valence-electron chi connectivity index (χ4n) is 4.84. The van der Waals surface area contributed by atoms with Crippen LogP contribution in [-0.4, -0.2) is 60.7 Å². The van der Waals surface area contributed by atoms with Crippen LogP contribution in [0.5, 0.6) is 0 Å². The maximum Gasteiger partial charge on any atom is 0.416 e. The molecule has 1 saturated carbocycles. The van der Waals surface area contributed by atoms with Gasteiger partial charge < -0.3 is 19.9 Å². The summed E-state index contributed by atoms with van der Waals surface area (Å²) in [6.07, 6.45) is -1.31.